The Kier molecular flexibility index (Phi) is 4.24. The Labute approximate surface area is 127 Å². The lowest BCUT2D eigenvalue weighted by Gasteiger charge is -2.08. The standard InChI is InChI=1S/C10H6ClF2NO4S3/c11-20(15,16)10-7(12)4-6(5-8(10)13)14-21(17,18)9-2-1-3-19-9/h1-5,14H. The molecule has 0 aliphatic rings. The third-order valence-corrected chi connectivity index (χ3v) is 6.37. The molecule has 1 N–H and O–H groups in total. The summed E-state index contributed by atoms with van der Waals surface area (Å²) in [6, 6.07) is 3.86. The van der Waals surface area contributed by atoms with Crippen LogP contribution in [0.5, 0.6) is 0 Å². The zero-order chi connectivity index (χ0) is 15.8. The van der Waals surface area contributed by atoms with E-state index in [4.69, 9.17) is 10.7 Å². The van der Waals surface area contributed by atoms with Crippen molar-refractivity contribution >= 4 is 46.8 Å². The van der Waals surface area contributed by atoms with Crippen molar-refractivity contribution in [3.05, 3.63) is 41.3 Å². The number of thiophene rings is 1. The Morgan fingerprint density at radius 1 is 1.10 bits per heavy atom. The summed E-state index contributed by atoms with van der Waals surface area (Å²) in [7, 11) is -3.73. The minimum absolute atomic E-state index is 0.0580. The summed E-state index contributed by atoms with van der Waals surface area (Å²) in [4.78, 5) is -1.33. The van der Waals surface area contributed by atoms with Crippen molar-refractivity contribution in [2.45, 2.75) is 9.10 Å². The van der Waals surface area contributed by atoms with Crippen molar-refractivity contribution < 1.29 is 25.6 Å². The zero-order valence-corrected chi connectivity index (χ0v) is 13.1. The number of hydrogen-bond acceptors (Lipinski definition) is 5. The van der Waals surface area contributed by atoms with Crippen molar-refractivity contribution in [1.29, 1.82) is 0 Å². The van der Waals surface area contributed by atoms with Gasteiger partial charge in [0.25, 0.3) is 19.1 Å². The number of rotatable bonds is 4. The maximum Gasteiger partial charge on any atom is 0.271 e. The van der Waals surface area contributed by atoms with E-state index in [9.17, 15) is 25.6 Å². The van der Waals surface area contributed by atoms with E-state index in [2.05, 4.69) is 0 Å². The van der Waals surface area contributed by atoms with E-state index in [1.54, 1.807) is 0 Å². The maximum absolute atomic E-state index is 13.6. The first kappa shape index (κ1) is 16.1. The second-order valence-electron chi connectivity index (χ2n) is 3.74. The molecule has 0 spiro atoms. The average Bonchev–Trinajstić information content (AvgIpc) is 2.78. The van der Waals surface area contributed by atoms with Crippen molar-refractivity contribution in [2.75, 3.05) is 4.72 Å². The smallest absolute Gasteiger partial charge is 0.271 e. The number of halogens is 3. The first-order valence-electron chi connectivity index (χ1n) is 5.11. The molecule has 0 unspecified atom stereocenters. The highest BCUT2D eigenvalue weighted by Crippen LogP contribution is 2.27. The summed E-state index contributed by atoms with van der Waals surface area (Å²) in [5, 5.41) is 1.51. The number of benzene rings is 1. The Bertz CT molecular complexity index is 856. The van der Waals surface area contributed by atoms with Gasteiger partial charge in [-0.2, -0.15) is 0 Å². The van der Waals surface area contributed by atoms with E-state index in [1.807, 2.05) is 4.72 Å². The van der Waals surface area contributed by atoms with E-state index >= 15 is 0 Å². The minimum Gasteiger partial charge on any atom is -0.279 e. The van der Waals surface area contributed by atoms with Crippen molar-refractivity contribution in [3.63, 3.8) is 0 Å². The van der Waals surface area contributed by atoms with Crippen LogP contribution in [0.15, 0.2) is 38.8 Å². The van der Waals surface area contributed by atoms with E-state index in [0.717, 1.165) is 11.3 Å². The van der Waals surface area contributed by atoms with Gasteiger partial charge >= 0.3 is 0 Å². The molecule has 0 fully saturated rings. The fourth-order valence-corrected chi connectivity index (χ4v) is 4.53. The highest BCUT2D eigenvalue weighted by Gasteiger charge is 2.24. The summed E-state index contributed by atoms with van der Waals surface area (Å²) in [5.41, 5.74) is -0.456. The molecule has 0 radical (unpaired) electrons. The molecule has 11 heteroatoms. The van der Waals surface area contributed by atoms with E-state index in [-0.39, 0.29) is 4.21 Å². The SMILES string of the molecule is O=S(=O)(Cl)c1c(F)cc(NS(=O)(=O)c2cccs2)cc1F. The van der Waals surface area contributed by atoms with Crippen molar-refractivity contribution in [2.24, 2.45) is 0 Å². The fraction of sp³-hybridized carbons (Fsp3) is 0. The normalized spacial score (nSPS) is 12.3. The fourth-order valence-electron chi connectivity index (χ4n) is 1.47. The second-order valence-corrected chi connectivity index (χ2v) is 9.10. The third-order valence-electron chi connectivity index (χ3n) is 2.25. The molecule has 0 bridgehead atoms. The summed E-state index contributed by atoms with van der Waals surface area (Å²) >= 11 is 0.910. The topological polar surface area (TPSA) is 80.3 Å². The molecular weight excluding hydrogens is 368 g/mol. The molecule has 21 heavy (non-hydrogen) atoms. The molecule has 1 aromatic carbocycles. The highest BCUT2D eigenvalue weighted by molar-refractivity contribution is 8.13. The van der Waals surface area contributed by atoms with Crippen LogP contribution in [0.4, 0.5) is 14.5 Å². The largest absolute Gasteiger partial charge is 0.279 e. The van der Waals surface area contributed by atoms with E-state index in [1.165, 1.54) is 17.5 Å². The minimum atomic E-state index is -4.62. The number of hydrogen-bond donors (Lipinski definition) is 1. The molecule has 0 amide bonds. The van der Waals surface area contributed by atoms with Crippen LogP contribution in [0.3, 0.4) is 0 Å². The summed E-state index contributed by atoms with van der Waals surface area (Å²) < 4.78 is 74.8. The van der Waals surface area contributed by atoms with Crippen LogP contribution in [-0.2, 0) is 19.1 Å². The lowest BCUT2D eigenvalue weighted by atomic mass is 10.3. The molecule has 114 valence electrons. The van der Waals surface area contributed by atoms with E-state index in [0.29, 0.717) is 12.1 Å². The molecule has 5 nitrogen and oxygen atoms in total. The molecule has 0 saturated carbocycles. The van der Waals surface area contributed by atoms with Crippen molar-refractivity contribution in [1.82, 2.24) is 0 Å². The van der Waals surface area contributed by atoms with Crippen LogP contribution in [-0.4, -0.2) is 16.8 Å². The predicted molar refractivity (Wildman–Crippen MR) is 74.5 cm³/mol. The Morgan fingerprint density at radius 2 is 1.67 bits per heavy atom. The molecule has 2 aromatic rings. The number of sulfonamides is 1. The van der Waals surface area contributed by atoms with Crippen LogP contribution in [0.25, 0.3) is 0 Å². The highest BCUT2D eigenvalue weighted by atomic mass is 35.7. The first-order valence-corrected chi connectivity index (χ1v) is 9.78. The van der Waals surface area contributed by atoms with Gasteiger partial charge in [-0.25, -0.2) is 25.6 Å². The van der Waals surface area contributed by atoms with Crippen LogP contribution >= 0.6 is 22.0 Å². The Hall–Kier alpha value is -1.23. The first-order chi connectivity index (χ1) is 9.61. The average molecular weight is 374 g/mol. The van der Waals surface area contributed by atoms with Crippen LogP contribution in [0.1, 0.15) is 0 Å². The van der Waals surface area contributed by atoms with Gasteiger partial charge in [0.2, 0.25) is 0 Å². The summed E-state index contributed by atoms with van der Waals surface area (Å²) in [6.45, 7) is 0. The van der Waals surface area contributed by atoms with Gasteiger partial charge in [-0.05, 0) is 23.6 Å². The van der Waals surface area contributed by atoms with Crippen molar-refractivity contribution in [3.8, 4) is 0 Å². The molecule has 2 rings (SSSR count). The van der Waals surface area contributed by atoms with Gasteiger partial charge in [0, 0.05) is 10.7 Å². The molecular formula is C10H6ClF2NO4S3. The Morgan fingerprint density at radius 3 is 2.10 bits per heavy atom. The van der Waals surface area contributed by atoms with Gasteiger partial charge in [0.15, 0.2) is 4.90 Å². The van der Waals surface area contributed by atoms with Crippen LogP contribution in [0.2, 0.25) is 0 Å². The van der Waals surface area contributed by atoms with Gasteiger partial charge < -0.3 is 0 Å². The number of anilines is 1. The second kappa shape index (κ2) is 5.52. The summed E-state index contributed by atoms with van der Waals surface area (Å²) in [6.07, 6.45) is 0. The lowest BCUT2D eigenvalue weighted by molar-refractivity contribution is 0.525. The zero-order valence-electron chi connectivity index (χ0n) is 9.88. The molecule has 1 aromatic heterocycles. The maximum atomic E-state index is 13.6. The Balaban J connectivity index is 2.45. The predicted octanol–water partition coefficient (Wildman–Crippen LogP) is 2.75. The van der Waals surface area contributed by atoms with Gasteiger partial charge in [-0.15, -0.1) is 11.3 Å². The quantitative estimate of drug-likeness (QED) is 0.835. The van der Waals surface area contributed by atoms with E-state index < -0.39 is 41.3 Å². The monoisotopic (exact) mass is 373 g/mol. The van der Waals surface area contributed by atoms with Gasteiger partial charge in [-0.3, -0.25) is 4.72 Å². The third kappa shape index (κ3) is 3.51. The van der Waals surface area contributed by atoms with Gasteiger partial charge in [-0.1, -0.05) is 6.07 Å². The molecule has 1 heterocycles. The van der Waals surface area contributed by atoms with Crippen LogP contribution in [0, 0.1) is 11.6 Å². The molecule has 0 aliphatic heterocycles. The molecule has 0 atom stereocenters. The number of nitrogens with one attached hydrogen (secondary N) is 1. The van der Waals surface area contributed by atoms with Gasteiger partial charge in [0.05, 0.1) is 5.69 Å². The van der Waals surface area contributed by atoms with Gasteiger partial charge in [0.1, 0.15) is 15.8 Å². The summed E-state index contributed by atoms with van der Waals surface area (Å²) in [5.74, 6) is -2.98. The lowest BCUT2D eigenvalue weighted by Crippen LogP contribution is -2.12. The molecule has 0 saturated heterocycles. The van der Waals surface area contributed by atoms with Crippen LogP contribution < -0.4 is 4.72 Å². The molecule has 0 aliphatic carbocycles.